The first-order valence-corrected chi connectivity index (χ1v) is 9.29. The zero-order chi connectivity index (χ0) is 18.8. The summed E-state index contributed by atoms with van der Waals surface area (Å²) in [6, 6.07) is 11.9. The van der Waals surface area contributed by atoms with Gasteiger partial charge in [0.05, 0.1) is 11.6 Å². The molecule has 140 valence electrons. The van der Waals surface area contributed by atoms with Crippen LogP contribution < -0.4 is 0 Å². The molecule has 0 saturated carbocycles. The molecule has 3 heterocycles. The third kappa shape index (κ3) is 3.39. The molecule has 2 aromatic heterocycles. The van der Waals surface area contributed by atoms with Crippen LogP contribution in [0.1, 0.15) is 47.9 Å². The number of carbonyl (C=O) groups is 1. The standard InChI is InChI=1S/C21H22FN3O2/c1-24-12-7-11-18(24)19-10-3-2-6-13-25(19)21(26)17-14-20(27-23-17)15-8-4-5-9-16(15)22/h4-5,7-9,11-12,14,19H,2-3,6,10,13H2,1H3/t19-/m0/s1. The molecule has 1 saturated heterocycles. The molecular formula is C21H22FN3O2. The maximum atomic E-state index is 14.0. The van der Waals surface area contributed by atoms with Crippen molar-refractivity contribution in [3.05, 3.63) is 65.9 Å². The molecule has 5 nitrogen and oxygen atoms in total. The maximum absolute atomic E-state index is 14.0. The molecule has 0 N–H and O–H groups in total. The van der Waals surface area contributed by atoms with E-state index in [9.17, 15) is 9.18 Å². The normalized spacial score (nSPS) is 17.7. The van der Waals surface area contributed by atoms with Crippen LogP contribution in [-0.2, 0) is 7.05 Å². The number of nitrogens with zero attached hydrogens (tertiary/aromatic N) is 3. The Labute approximate surface area is 157 Å². The second kappa shape index (κ2) is 7.39. The highest BCUT2D eigenvalue weighted by Crippen LogP contribution is 2.32. The Morgan fingerprint density at radius 3 is 2.81 bits per heavy atom. The summed E-state index contributed by atoms with van der Waals surface area (Å²) in [6.45, 7) is 0.677. The van der Waals surface area contributed by atoms with Gasteiger partial charge in [-0.3, -0.25) is 4.79 Å². The second-order valence-electron chi connectivity index (χ2n) is 6.96. The summed E-state index contributed by atoms with van der Waals surface area (Å²) in [5.74, 6) is -0.305. The average Bonchev–Trinajstić information content (AvgIpc) is 3.25. The molecule has 0 radical (unpaired) electrons. The van der Waals surface area contributed by atoms with E-state index in [1.807, 2.05) is 24.2 Å². The summed E-state index contributed by atoms with van der Waals surface area (Å²) in [7, 11) is 2.00. The van der Waals surface area contributed by atoms with Crippen LogP contribution in [0.4, 0.5) is 4.39 Å². The molecule has 1 aliphatic rings. The molecule has 27 heavy (non-hydrogen) atoms. The van der Waals surface area contributed by atoms with Crippen molar-refractivity contribution in [2.75, 3.05) is 6.54 Å². The lowest BCUT2D eigenvalue weighted by molar-refractivity contribution is 0.0664. The highest BCUT2D eigenvalue weighted by Gasteiger charge is 2.30. The zero-order valence-electron chi connectivity index (χ0n) is 15.3. The lowest BCUT2D eigenvalue weighted by Gasteiger charge is -2.30. The number of likely N-dealkylation sites (tertiary alicyclic amines) is 1. The van der Waals surface area contributed by atoms with Crippen molar-refractivity contribution in [3.63, 3.8) is 0 Å². The summed E-state index contributed by atoms with van der Waals surface area (Å²) in [5.41, 5.74) is 1.64. The van der Waals surface area contributed by atoms with Crippen LogP contribution in [0.2, 0.25) is 0 Å². The summed E-state index contributed by atoms with van der Waals surface area (Å²) < 4.78 is 21.3. The predicted octanol–water partition coefficient (Wildman–Crippen LogP) is 4.58. The highest BCUT2D eigenvalue weighted by molar-refractivity contribution is 5.93. The van der Waals surface area contributed by atoms with E-state index in [1.54, 1.807) is 18.2 Å². The van der Waals surface area contributed by atoms with Gasteiger partial charge in [0, 0.05) is 31.5 Å². The van der Waals surface area contributed by atoms with E-state index in [0.29, 0.717) is 12.1 Å². The Kier molecular flexibility index (Phi) is 4.79. The summed E-state index contributed by atoms with van der Waals surface area (Å²) in [6.07, 6.45) is 6.06. The first kappa shape index (κ1) is 17.5. The first-order chi connectivity index (χ1) is 13.1. The fraction of sp³-hybridized carbons (Fsp3) is 0.333. The molecule has 3 aromatic rings. The number of benzene rings is 1. The average molecular weight is 367 g/mol. The molecule has 0 aliphatic carbocycles. The fourth-order valence-electron chi connectivity index (χ4n) is 3.79. The van der Waals surface area contributed by atoms with Crippen molar-refractivity contribution in [3.8, 4) is 11.3 Å². The molecule has 1 atom stereocenters. The van der Waals surface area contributed by atoms with Crippen LogP contribution in [0.5, 0.6) is 0 Å². The Morgan fingerprint density at radius 2 is 2.04 bits per heavy atom. The maximum Gasteiger partial charge on any atom is 0.276 e. The quantitative estimate of drug-likeness (QED) is 0.681. The van der Waals surface area contributed by atoms with Crippen molar-refractivity contribution in [2.45, 2.75) is 31.7 Å². The lowest BCUT2D eigenvalue weighted by Crippen LogP contribution is -2.35. The van der Waals surface area contributed by atoms with E-state index in [0.717, 1.165) is 31.4 Å². The van der Waals surface area contributed by atoms with Crippen molar-refractivity contribution >= 4 is 5.91 Å². The number of hydrogen-bond acceptors (Lipinski definition) is 3. The minimum Gasteiger partial charge on any atom is -0.355 e. The highest BCUT2D eigenvalue weighted by atomic mass is 19.1. The van der Waals surface area contributed by atoms with E-state index in [2.05, 4.69) is 15.8 Å². The number of halogens is 1. The zero-order valence-corrected chi connectivity index (χ0v) is 15.3. The van der Waals surface area contributed by atoms with E-state index in [-0.39, 0.29) is 23.4 Å². The van der Waals surface area contributed by atoms with Crippen LogP contribution in [0.3, 0.4) is 0 Å². The Bertz CT molecular complexity index is 946. The molecular weight excluding hydrogens is 345 g/mol. The third-order valence-corrected chi connectivity index (χ3v) is 5.21. The van der Waals surface area contributed by atoms with Gasteiger partial charge in [0.25, 0.3) is 5.91 Å². The van der Waals surface area contributed by atoms with Gasteiger partial charge < -0.3 is 14.0 Å². The van der Waals surface area contributed by atoms with E-state index in [1.165, 1.54) is 12.1 Å². The van der Waals surface area contributed by atoms with Gasteiger partial charge in [-0.15, -0.1) is 0 Å². The van der Waals surface area contributed by atoms with Gasteiger partial charge in [-0.1, -0.05) is 30.1 Å². The fourth-order valence-corrected chi connectivity index (χ4v) is 3.79. The first-order valence-electron chi connectivity index (χ1n) is 9.29. The van der Waals surface area contributed by atoms with Crippen LogP contribution in [0.15, 0.2) is 53.2 Å². The monoisotopic (exact) mass is 367 g/mol. The Balaban J connectivity index is 1.64. The molecule has 1 aliphatic heterocycles. The van der Waals surface area contributed by atoms with E-state index in [4.69, 9.17) is 4.52 Å². The Hall–Kier alpha value is -2.89. The molecule has 0 bridgehead atoms. The van der Waals surface area contributed by atoms with Gasteiger partial charge in [-0.05, 0) is 37.1 Å². The van der Waals surface area contributed by atoms with Crippen molar-refractivity contribution in [1.29, 1.82) is 0 Å². The van der Waals surface area contributed by atoms with Gasteiger partial charge in [-0.25, -0.2) is 4.39 Å². The van der Waals surface area contributed by atoms with Crippen molar-refractivity contribution < 1.29 is 13.7 Å². The second-order valence-corrected chi connectivity index (χ2v) is 6.96. The van der Waals surface area contributed by atoms with E-state index < -0.39 is 5.82 Å². The van der Waals surface area contributed by atoms with Crippen LogP contribution in [0.25, 0.3) is 11.3 Å². The van der Waals surface area contributed by atoms with Gasteiger partial charge in [0.1, 0.15) is 5.82 Å². The minimum absolute atomic E-state index is 0.00797. The van der Waals surface area contributed by atoms with Gasteiger partial charge in [-0.2, -0.15) is 0 Å². The number of aryl methyl sites for hydroxylation is 1. The minimum atomic E-state index is -0.399. The summed E-state index contributed by atoms with van der Waals surface area (Å²) >= 11 is 0. The van der Waals surface area contributed by atoms with Gasteiger partial charge in [0.15, 0.2) is 11.5 Å². The largest absolute Gasteiger partial charge is 0.355 e. The molecule has 6 heteroatoms. The van der Waals surface area contributed by atoms with Crippen LogP contribution in [-0.4, -0.2) is 27.1 Å². The molecule has 1 fully saturated rings. The molecule has 0 unspecified atom stereocenters. The number of rotatable bonds is 3. The summed E-state index contributed by atoms with van der Waals surface area (Å²) in [5, 5.41) is 3.94. The smallest absolute Gasteiger partial charge is 0.276 e. The predicted molar refractivity (Wildman–Crippen MR) is 99.6 cm³/mol. The number of hydrogen-bond donors (Lipinski definition) is 0. The number of aromatic nitrogens is 2. The topological polar surface area (TPSA) is 51.3 Å². The van der Waals surface area contributed by atoms with E-state index >= 15 is 0 Å². The molecule has 0 spiro atoms. The summed E-state index contributed by atoms with van der Waals surface area (Å²) in [4.78, 5) is 15.1. The Morgan fingerprint density at radius 1 is 1.19 bits per heavy atom. The lowest BCUT2D eigenvalue weighted by atomic mass is 10.1. The van der Waals surface area contributed by atoms with Gasteiger partial charge in [0.2, 0.25) is 0 Å². The third-order valence-electron chi connectivity index (χ3n) is 5.21. The SMILES string of the molecule is Cn1cccc1[C@@H]1CCCCCN1C(=O)c1cc(-c2ccccc2F)on1. The van der Waals surface area contributed by atoms with Crippen molar-refractivity contribution in [2.24, 2.45) is 7.05 Å². The van der Waals surface area contributed by atoms with Crippen LogP contribution in [0, 0.1) is 5.82 Å². The molecule has 1 amide bonds. The van der Waals surface area contributed by atoms with Crippen molar-refractivity contribution in [1.82, 2.24) is 14.6 Å². The molecule has 1 aromatic carbocycles. The van der Waals surface area contributed by atoms with Crippen LogP contribution >= 0.6 is 0 Å². The van der Waals surface area contributed by atoms with Gasteiger partial charge >= 0.3 is 0 Å². The number of amides is 1. The number of carbonyl (C=O) groups excluding carboxylic acids is 1. The molecule has 4 rings (SSSR count).